The van der Waals surface area contributed by atoms with Crippen molar-refractivity contribution in [1.82, 2.24) is 0 Å². The first-order valence-electron chi connectivity index (χ1n) is 1.57. The zero-order valence-corrected chi connectivity index (χ0v) is 4.25. The van der Waals surface area contributed by atoms with Gasteiger partial charge in [0.15, 0.2) is 5.52 Å². The highest BCUT2D eigenvalue weighted by atomic mass is 35.5. The summed E-state index contributed by atoms with van der Waals surface area (Å²) in [5.41, 5.74) is -0.198. The number of hydrogen-bond acceptors (Lipinski definition) is 1. The molecule has 0 radical (unpaired) electrons. The maximum absolute atomic E-state index is 9.87. The molecular formula is C2H4ClOP. The molecule has 0 bridgehead atoms. The molecule has 1 atom stereocenters. The molecule has 1 unspecified atom stereocenters. The van der Waals surface area contributed by atoms with Crippen molar-refractivity contribution in [3.05, 3.63) is 0 Å². The average Bonchev–Trinajstić information content (AvgIpc) is 1.65. The molecule has 5 heavy (non-hydrogen) atoms. The summed E-state index contributed by atoms with van der Waals surface area (Å²) in [7, 11) is -0.389. The molecule has 0 saturated heterocycles. The van der Waals surface area contributed by atoms with Crippen LogP contribution in [-0.4, -0.2) is 12.7 Å². The molecule has 3 heteroatoms. The molecule has 0 aliphatic carbocycles. The lowest BCUT2D eigenvalue weighted by Gasteiger charge is -1.69. The van der Waals surface area contributed by atoms with Gasteiger partial charge in [-0.25, -0.2) is 0 Å². The third-order valence-electron chi connectivity index (χ3n) is 0.121. The van der Waals surface area contributed by atoms with Crippen LogP contribution in [0.25, 0.3) is 0 Å². The fourth-order valence-corrected chi connectivity index (χ4v) is 0. The second-order valence-corrected chi connectivity index (χ2v) is 1.38. The van der Waals surface area contributed by atoms with Crippen LogP contribution in [0.1, 0.15) is 0 Å². The zero-order valence-electron chi connectivity index (χ0n) is 3.49. The van der Waals surface area contributed by atoms with Crippen molar-refractivity contribution >= 4 is 26.3 Å². The monoisotopic (exact) mass is 112 g/mol. The SMILES string of the molecule is [3H]PC(=O)CCl. The lowest BCUT2D eigenvalue weighted by atomic mass is 10.9. The Morgan fingerprint density at radius 3 is 3.00 bits per heavy atom. The molecule has 0 aromatic rings. The second-order valence-electron chi connectivity index (χ2n) is 0.557. The minimum atomic E-state index is -0.389. The minimum Gasteiger partial charge on any atom is -0.294 e. The Kier molecular flexibility index (Phi) is 1.87. The number of carbonyl (C=O) groups excluding carboxylic acids is 1. The summed E-state index contributed by atoms with van der Waals surface area (Å²) in [6.07, 6.45) is 0. The van der Waals surface area contributed by atoms with Crippen molar-refractivity contribution in [3.63, 3.8) is 0 Å². The molecule has 0 rings (SSSR count). The largest absolute Gasteiger partial charge is 0.294 e. The van der Waals surface area contributed by atoms with Crippen molar-refractivity contribution < 1.29 is 4.79 Å². The van der Waals surface area contributed by atoms with Gasteiger partial charge in [0.1, 0.15) is 0 Å². The van der Waals surface area contributed by atoms with Crippen LogP contribution in [0.4, 0.5) is 0 Å². The van der Waals surface area contributed by atoms with Gasteiger partial charge in [0, 0.05) is 0 Å². The molecule has 0 spiro atoms. The van der Waals surface area contributed by atoms with E-state index < -0.39 is 0 Å². The first kappa shape index (κ1) is 3.58. The van der Waals surface area contributed by atoms with Gasteiger partial charge < -0.3 is 0 Å². The van der Waals surface area contributed by atoms with E-state index in [1.165, 1.54) is 0 Å². The predicted octanol–water partition coefficient (Wildman–Crippen LogP) is 0.627. The number of hydrogen-bond donors (Lipinski definition) is 0. The van der Waals surface area contributed by atoms with Crippen LogP contribution in [0.15, 0.2) is 0 Å². The van der Waals surface area contributed by atoms with E-state index in [0.29, 0.717) is 0 Å². The fourth-order valence-electron chi connectivity index (χ4n) is 0. The van der Waals surface area contributed by atoms with E-state index in [2.05, 4.69) is 0 Å². The van der Waals surface area contributed by atoms with Gasteiger partial charge in [-0.2, -0.15) is 0 Å². The average molecular weight is 112 g/mol. The minimum absolute atomic E-state index is 0.0120. The van der Waals surface area contributed by atoms with Crippen LogP contribution in [0, 0.1) is 0 Å². The summed E-state index contributed by atoms with van der Waals surface area (Å²) < 4.78 is 6.40. The number of rotatable bonds is 2. The quantitative estimate of drug-likeness (QED) is 0.378. The van der Waals surface area contributed by atoms with Crippen molar-refractivity contribution in [3.8, 4) is 0 Å². The first-order valence-corrected chi connectivity index (χ1v) is 2.11. The van der Waals surface area contributed by atoms with E-state index >= 15 is 0 Å². The van der Waals surface area contributed by atoms with Crippen LogP contribution >= 0.6 is 20.8 Å². The van der Waals surface area contributed by atoms with Gasteiger partial charge in [-0.3, -0.25) is 4.79 Å². The molecule has 0 aromatic carbocycles. The van der Waals surface area contributed by atoms with Gasteiger partial charge in [-0.05, 0) is 0 Å². The van der Waals surface area contributed by atoms with E-state index in [4.69, 9.17) is 12.9 Å². The van der Waals surface area contributed by atoms with Crippen LogP contribution < -0.4 is 0 Å². The Labute approximate surface area is 39.2 Å². The Balaban J connectivity index is 2.99. The summed E-state index contributed by atoms with van der Waals surface area (Å²) in [5, 5.41) is 0. The van der Waals surface area contributed by atoms with Crippen LogP contribution in [0.2, 0.25) is 0 Å². The van der Waals surface area contributed by atoms with E-state index in [9.17, 15) is 4.79 Å². The summed E-state index contributed by atoms with van der Waals surface area (Å²) in [4.78, 5) is 9.87. The predicted molar refractivity (Wildman–Crippen MR) is 25.4 cm³/mol. The van der Waals surface area contributed by atoms with E-state index in [1.807, 2.05) is 0 Å². The Morgan fingerprint density at radius 1 is 2.40 bits per heavy atom. The van der Waals surface area contributed by atoms with Gasteiger partial charge in [0.2, 0.25) is 0 Å². The van der Waals surface area contributed by atoms with Gasteiger partial charge in [0.05, 0.1) is 7.16 Å². The fraction of sp³-hybridized carbons (Fsp3) is 0.500. The third kappa shape index (κ3) is 4.39. The lowest BCUT2D eigenvalue weighted by molar-refractivity contribution is -0.109. The van der Waals surface area contributed by atoms with Gasteiger partial charge >= 0.3 is 0 Å². The maximum atomic E-state index is 9.87. The van der Waals surface area contributed by atoms with Crippen molar-refractivity contribution in [2.24, 2.45) is 0 Å². The van der Waals surface area contributed by atoms with Crippen molar-refractivity contribution in [1.29, 1.82) is 1.28 Å². The molecular weight excluding hydrogens is 106 g/mol. The van der Waals surface area contributed by atoms with Crippen LogP contribution in [-0.2, 0) is 4.79 Å². The third-order valence-corrected chi connectivity index (χ3v) is 0.765. The molecule has 0 aliphatic rings. The smallest absolute Gasteiger partial charge is 0.162 e. The van der Waals surface area contributed by atoms with Gasteiger partial charge in [-0.15, -0.1) is 11.6 Å². The summed E-state index contributed by atoms with van der Waals surface area (Å²) in [6.45, 7) is 0. The topological polar surface area (TPSA) is 17.1 Å². The summed E-state index contributed by atoms with van der Waals surface area (Å²) in [6, 6.07) is 0. The molecule has 0 aliphatic heterocycles. The first-order chi connectivity index (χ1) is 2.81. The van der Waals surface area contributed by atoms with Crippen molar-refractivity contribution in [2.45, 2.75) is 0 Å². The van der Waals surface area contributed by atoms with Crippen LogP contribution in [0.5, 0.6) is 0 Å². The molecule has 0 saturated carbocycles. The zero-order chi connectivity index (χ0) is 4.99. The van der Waals surface area contributed by atoms with E-state index in [1.54, 1.807) is 0 Å². The summed E-state index contributed by atoms with van der Waals surface area (Å²) >= 11 is 4.99. The molecule has 0 fully saturated rings. The highest BCUT2D eigenvalue weighted by Crippen LogP contribution is 1.84. The highest BCUT2D eigenvalue weighted by molar-refractivity contribution is 7.40. The summed E-state index contributed by atoms with van der Waals surface area (Å²) in [5.74, 6) is -0.0120. The highest BCUT2D eigenvalue weighted by Gasteiger charge is 1.79. The number of alkyl halides is 1. The molecule has 0 heterocycles. The lowest BCUT2D eigenvalue weighted by Crippen LogP contribution is -1.80. The van der Waals surface area contributed by atoms with E-state index in [0.717, 1.165) is 0 Å². The number of carbonyl (C=O) groups is 1. The number of halogens is 1. The Hall–Kier alpha value is 0.390. The van der Waals surface area contributed by atoms with Crippen molar-refractivity contribution in [2.75, 3.05) is 5.88 Å². The molecule has 1 nitrogen and oxygen atoms in total. The van der Waals surface area contributed by atoms with E-state index in [-0.39, 0.29) is 20.6 Å². The second kappa shape index (κ2) is 2.62. The molecule has 0 aromatic heterocycles. The molecule has 30 valence electrons. The van der Waals surface area contributed by atoms with Gasteiger partial charge in [-0.1, -0.05) is 9.18 Å². The van der Waals surface area contributed by atoms with Gasteiger partial charge in [0.25, 0.3) is 0 Å². The molecule has 0 N–H and O–H groups in total. The molecule has 0 amide bonds. The van der Waals surface area contributed by atoms with Crippen LogP contribution in [0.3, 0.4) is 0 Å². The maximum Gasteiger partial charge on any atom is 0.162 e. The Bertz CT molecular complexity index is 51.5. The Morgan fingerprint density at radius 2 is 3.00 bits per heavy atom. The normalized spacial score (nSPS) is 12.6. The standard InChI is InChI=1S/C2H4ClOP/c3-1-2(4)5/h1,5H2/i5T.